The van der Waals surface area contributed by atoms with Gasteiger partial charge in [0.25, 0.3) is 0 Å². The first-order valence-corrected chi connectivity index (χ1v) is 7.91. The maximum atomic E-state index is 12.4. The number of nitrogens with zero attached hydrogens (tertiary/aromatic N) is 2. The molecule has 2 rings (SSSR count). The van der Waals surface area contributed by atoms with Gasteiger partial charge in [-0.2, -0.15) is 0 Å². The summed E-state index contributed by atoms with van der Waals surface area (Å²) in [5, 5.41) is 0. The van der Waals surface area contributed by atoms with Crippen LogP contribution < -0.4 is 0 Å². The Morgan fingerprint density at radius 2 is 1.91 bits per heavy atom. The minimum atomic E-state index is -0.342. The SMILES string of the molecule is CCOC(CN(C)C(=O)C1CN1Cc1ccccc1)OCC. The van der Waals surface area contributed by atoms with E-state index in [0.29, 0.717) is 19.8 Å². The Balaban J connectivity index is 1.79. The smallest absolute Gasteiger partial charge is 0.241 e. The molecule has 2 atom stereocenters. The molecule has 1 heterocycles. The first-order valence-electron chi connectivity index (χ1n) is 7.91. The minimum absolute atomic E-state index is 0.00545. The van der Waals surface area contributed by atoms with Crippen molar-refractivity contribution in [2.75, 3.05) is 33.4 Å². The van der Waals surface area contributed by atoms with Crippen molar-refractivity contribution in [1.29, 1.82) is 0 Å². The molecular weight excluding hydrogens is 280 g/mol. The molecule has 22 heavy (non-hydrogen) atoms. The van der Waals surface area contributed by atoms with Crippen molar-refractivity contribution in [1.82, 2.24) is 9.80 Å². The molecule has 1 aromatic rings. The highest BCUT2D eigenvalue weighted by molar-refractivity contribution is 5.84. The van der Waals surface area contributed by atoms with Gasteiger partial charge in [-0.25, -0.2) is 0 Å². The fourth-order valence-electron chi connectivity index (χ4n) is 2.50. The zero-order valence-electron chi connectivity index (χ0n) is 13.7. The van der Waals surface area contributed by atoms with Gasteiger partial charge in [0.05, 0.1) is 6.54 Å². The van der Waals surface area contributed by atoms with Crippen LogP contribution in [0.25, 0.3) is 0 Å². The van der Waals surface area contributed by atoms with Crippen LogP contribution in [0.2, 0.25) is 0 Å². The number of benzene rings is 1. The van der Waals surface area contributed by atoms with Crippen molar-refractivity contribution < 1.29 is 14.3 Å². The normalized spacial score (nSPS) is 20.2. The Bertz CT molecular complexity index is 460. The zero-order valence-corrected chi connectivity index (χ0v) is 13.7. The van der Waals surface area contributed by atoms with Crippen LogP contribution in [0.15, 0.2) is 30.3 Å². The molecule has 0 saturated carbocycles. The van der Waals surface area contributed by atoms with Crippen molar-refractivity contribution in [2.45, 2.75) is 32.7 Å². The summed E-state index contributed by atoms with van der Waals surface area (Å²) in [5.74, 6) is 0.139. The molecule has 1 amide bonds. The van der Waals surface area contributed by atoms with E-state index in [1.54, 1.807) is 4.90 Å². The van der Waals surface area contributed by atoms with Gasteiger partial charge in [-0.1, -0.05) is 30.3 Å². The highest BCUT2D eigenvalue weighted by atomic mass is 16.7. The molecule has 0 radical (unpaired) electrons. The van der Waals surface area contributed by atoms with Gasteiger partial charge in [-0.05, 0) is 19.4 Å². The first-order chi connectivity index (χ1) is 10.7. The maximum Gasteiger partial charge on any atom is 0.241 e. The van der Waals surface area contributed by atoms with Crippen LogP contribution in [0.3, 0.4) is 0 Å². The van der Waals surface area contributed by atoms with E-state index in [9.17, 15) is 4.79 Å². The maximum absolute atomic E-state index is 12.4. The molecule has 0 aromatic heterocycles. The highest BCUT2D eigenvalue weighted by Crippen LogP contribution is 2.22. The predicted octanol–water partition coefficient (Wildman–Crippen LogP) is 1.73. The van der Waals surface area contributed by atoms with E-state index in [-0.39, 0.29) is 18.2 Å². The second-order valence-electron chi connectivity index (χ2n) is 5.49. The summed E-state index contributed by atoms with van der Waals surface area (Å²) in [5.41, 5.74) is 1.24. The van der Waals surface area contributed by atoms with Crippen LogP contribution in [0.5, 0.6) is 0 Å². The lowest BCUT2D eigenvalue weighted by Gasteiger charge is -2.24. The average Bonchev–Trinajstić information content (AvgIpc) is 3.27. The van der Waals surface area contributed by atoms with Crippen molar-refractivity contribution in [3.05, 3.63) is 35.9 Å². The molecule has 1 aliphatic rings. The van der Waals surface area contributed by atoms with Gasteiger partial charge in [0, 0.05) is 33.4 Å². The first kappa shape index (κ1) is 16.9. The Kier molecular flexibility index (Phi) is 6.36. The fourth-order valence-corrected chi connectivity index (χ4v) is 2.50. The van der Waals surface area contributed by atoms with E-state index in [4.69, 9.17) is 9.47 Å². The average molecular weight is 306 g/mol. The van der Waals surface area contributed by atoms with Gasteiger partial charge in [0.1, 0.15) is 6.04 Å². The van der Waals surface area contributed by atoms with Crippen LogP contribution in [0, 0.1) is 0 Å². The Morgan fingerprint density at radius 3 is 2.50 bits per heavy atom. The number of rotatable bonds is 9. The zero-order chi connectivity index (χ0) is 15.9. The van der Waals surface area contributed by atoms with Crippen LogP contribution in [0.4, 0.5) is 0 Å². The standard InChI is InChI=1S/C17H26N2O3/c1-4-21-16(22-5-2)13-18(3)17(20)15-12-19(15)11-14-9-7-6-8-10-14/h6-10,15-16H,4-5,11-13H2,1-3H3. The van der Waals surface area contributed by atoms with Gasteiger partial charge in [-0.3, -0.25) is 9.69 Å². The third-order valence-corrected chi connectivity index (χ3v) is 3.73. The number of ether oxygens (including phenoxy) is 2. The number of amides is 1. The van der Waals surface area contributed by atoms with Crippen LogP contribution in [-0.2, 0) is 20.8 Å². The largest absolute Gasteiger partial charge is 0.351 e. The van der Waals surface area contributed by atoms with Gasteiger partial charge < -0.3 is 14.4 Å². The molecule has 2 unspecified atom stereocenters. The van der Waals surface area contributed by atoms with E-state index in [1.807, 2.05) is 39.1 Å². The molecule has 0 spiro atoms. The Hall–Kier alpha value is -1.43. The Labute approximate surface area is 132 Å². The Morgan fingerprint density at radius 1 is 1.27 bits per heavy atom. The molecule has 1 aromatic carbocycles. The third-order valence-electron chi connectivity index (χ3n) is 3.73. The van der Waals surface area contributed by atoms with E-state index in [1.165, 1.54) is 5.56 Å². The van der Waals surface area contributed by atoms with Crippen molar-refractivity contribution >= 4 is 5.91 Å². The summed E-state index contributed by atoms with van der Waals surface area (Å²) in [6, 6.07) is 10.2. The molecule has 0 N–H and O–H groups in total. The third kappa shape index (κ3) is 4.80. The lowest BCUT2D eigenvalue weighted by atomic mass is 10.2. The summed E-state index contributed by atoms with van der Waals surface area (Å²) in [6.07, 6.45) is -0.342. The number of likely N-dealkylation sites (N-methyl/N-ethyl adjacent to an activating group) is 1. The molecule has 122 valence electrons. The lowest BCUT2D eigenvalue weighted by molar-refractivity contribution is -0.156. The number of carbonyl (C=O) groups excluding carboxylic acids is 1. The van der Waals surface area contributed by atoms with E-state index >= 15 is 0 Å². The van der Waals surface area contributed by atoms with Gasteiger partial charge in [-0.15, -0.1) is 0 Å². The fraction of sp³-hybridized carbons (Fsp3) is 0.588. The molecule has 5 nitrogen and oxygen atoms in total. The van der Waals surface area contributed by atoms with Crippen molar-refractivity contribution in [2.24, 2.45) is 0 Å². The second-order valence-corrected chi connectivity index (χ2v) is 5.49. The molecule has 1 saturated heterocycles. The van der Waals surface area contributed by atoms with E-state index in [0.717, 1.165) is 13.1 Å². The molecule has 1 fully saturated rings. The van der Waals surface area contributed by atoms with E-state index in [2.05, 4.69) is 17.0 Å². The molecule has 5 heteroatoms. The number of hydrogen-bond acceptors (Lipinski definition) is 4. The van der Waals surface area contributed by atoms with Crippen LogP contribution >= 0.6 is 0 Å². The molecular formula is C17H26N2O3. The topological polar surface area (TPSA) is 41.8 Å². The van der Waals surface area contributed by atoms with Crippen LogP contribution in [-0.4, -0.2) is 61.4 Å². The molecule has 0 aliphatic carbocycles. The van der Waals surface area contributed by atoms with Crippen molar-refractivity contribution in [3.63, 3.8) is 0 Å². The van der Waals surface area contributed by atoms with Crippen LogP contribution in [0.1, 0.15) is 19.4 Å². The van der Waals surface area contributed by atoms with Crippen molar-refractivity contribution in [3.8, 4) is 0 Å². The van der Waals surface area contributed by atoms with Gasteiger partial charge in [0.2, 0.25) is 5.91 Å². The molecule has 1 aliphatic heterocycles. The minimum Gasteiger partial charge on any atom is -0.351 e. The number of carbonyl (C=O) groups is 1. The summed E-state index contributed by atoms with van der Waals surface area (Å²) in [7, 11) is 1.81. The summed E-state index contributed by atoms with van der Waals surface area (Å²) < 4.78 is 11.0. The summed E-state index contributed by atoms with van der Waals surface area (Å²) in [6.45, 7) is 7.13. The summed E-state index contributed by atoms with van der Waals surface area (Å²) in [4.78, 5) is 16.3. The van der Waals surface area contributed by atoms with Gasteiger partial charge >= 0.3 is 0 Å². The predicted molar refractivity (Wildman–Crippen MR) is 85.3 cm³/mol. The summed E-state index contributed by atoms with van der Waals surface area (Å²) >= 11 is 0. The quantitative estimate of drug-likeness (QED) is 0.515. The lowest BCUT2D eigenvalue weighted by Crippen LogP contribution is -2.40. The van der Waals surface area contributed by atoms with Gasteiger partial charge in [0.15, 0.2) is 6.29 Å². The number of hydrogen-bond donors (Lipinski definition) is 0. The van der Waals surface area contributed by atoms with E-state index < -0.39 is 0 Å². The monoisotopic (exact) mass is 306 g/mol. The molecule has 0 bridgehead atoms. The highest BCUT2D eigenvalue weighted by Gasteiger charge is 2.41. The second kappa shape index (κ2) is 8.27.